The molecule has 0 saturated heterocycles. The normalized spacial score (nSPS) is 10.3. The highest BCUT2D eigenvalue weighted by atomic mass is 79.9. The van der Waals surface area contributed by atoms with E-state index in [2.05, 4.69) is 21.1 Å². The standard InChI is InChI=1S/C9H5BrFNO/c10-9-8(5-12-13-9)6-2-1-3-7(11)4-6/h1-5H. The predicted octanol–water partition coefficient (Wildman–Crippen LogP) is 3.24. The van der Waals surface area contributed by atoms with Gasteiger partial charge in [0.2, 0.25) is 4.67 Å². The maximum Gasteiger partial charge on any atom is 0.209 e. The van der Waals surface area contributed by atoms with Crippen molar-refractivity contribution in [2.75, 3.05) is 0 Å². The van der Waals surface area contributed by atoms with Gasteiger partial charge < -0.3 is 4.52 Å². The molecule has 4 heteroatoms. The van der Waals surface area contributed by atoms with E-state index in [4.69, 9.17) is 4.52 Å². The Bertz CT molecular complexity index is 427. The lowest BCUT2D eigenvalue weighted by Crippen LogP contribution is -1.77. The quantitative estimate of drug-likeness (QED) is 0.767. The third-order valence-corrected chi connectivity index (χ3v) is 2.23. The molecule has 2 nitrogen and oxygen atoms in total. The molecule has 0 fully saturated rings. The monoisotopic (exact) mass is 241 g/mol. The van der Waals surface area contributed by atoms with E-state index in [1.807, 2.05) is 0 Å². The molecule has 1 heterocycles. The van der Waals surface area contributed by atoms with E-state index < -0.39 is 0 Å². The van der Waals surface area contributed by atoms with Gasteiger partial charge in [0.15, 0.2) is 0 Å². The van der Waals surface area contributed by atoms with E-state index in [0.717, 1.165) is 11.1 Å². The lowest BCUT2D eigenvalue weighted by Gasteiger charge is -1.95. The second-order valence-corrected chi connectivity index (χ2v) is 3.24. The molecule has 0 radical (unpaired) electrons. The van der Waals surface area contributed by atoms with Crippen molar-refractivity contribution in [3.63, 3.8) is 0 Å². The molecular formula is C9H5BrFNO. The van der Waals surface area contributed by atoms with Crippen LogP contribution in [-0.2, 0) is 0 Å². The fraction of sp³-hybridized carbons (Fsp3) is 0. The molecule has 0 aliphatic heterocycles. The van der Waals surface area contributed by atoms with Crippen molar-refractivity contribution in [2.45, 2.75) is 0 Å². The molecule has 1 aromatic heterocycles. The summed E-state index contributed by atoms with van der Waals surface area (Å²) in [5.41, 5.74) is 1.49. The highest BCUT2D eigenvalue weighted by Crippen LogP contribution is 2.27. The summed E-state index contributed by atoms with van der Waals surface area (Å²) in [5.74, 6) is -0.273. The van der Waals surface area contributed by atoms with Crippen molar-refractivity contribution in [1.82, 2.24) is 5.16 Å². The minimum absolute atomic E-state index is 0.273. The molecule has 0 bridgehead atoms. The number of hydrogen-bond donors (Lipinski definition) is 0. The van der Waals surface area contributed by atoms with Gasteiger partial charge in [-0.25, -0.2) is 4.39 Å². The first-order valence-electron chi connectivity index (χ1n) is 3.63. The van der Waals surface area contributed by atoms with E-state index in [0.29, 0.717) is 4.67 Å². The van der Waals surface area contributed by atoms with Crippen molar-refractivity contribution in [2.24, 2.45) is 0 Å². The van der Waals surface area contributed by atoms with Crippen molar-refractivity contribution in [3.8, 4) is 11.1 Å². The third kappa shape index (κ3) is 1.62. The zero-order valence-corrected chi connectivity index (χ0v) is 8.08. The predicted molar refractivity (Wildman–Crippen MR) is 49.6 cm³/mol. The van der Waals surface area contributed by atoms with Crippen molar-refractivity contribution < 1.29 is 8.91 Å². The number of hydrogen-bond acceptors (Lipinski definition) is 2. The van der Waals surface area contributed by atoms with E-state index in [-0.39, 0.29) is 5.82 Å². The van der Waals surface area contributed by atoms with Gasteiger partial charge in [-0.05, 0) is 33.6 Å². The van der Waals surface area contributed by atoms with Gasteiger partial charge in [0.25, 0.3) is 0 Å². The fourth-order valence-corrected chi connectivity index (χ4v) is 1.48. The van der Waals surface area contributed by atoms with E-state index in [1.54, 1.807) is 18.3 Å². The van der Waals surface area contributed by atoms with Crippen LogP contribution in [0.5, 0.6) is 0 Å². The molecule has 0 aliphatic carbocycles. The molecule has 13 heavy (non-hydrogen) atoms. The van der Waals surface area contributed by atoms with Crippen LogP contribution in [0.3, 0.4) is 0 Å². The van der Waals surface area contributed by atoms with E-state index in [1.165, 1.54) is 12.1 Å². The number of rotatable bonds is 1. The summed E-state index contributed by atoms with van der Waals surface area (Å²) in [7, 11) is 0. The van der Waals surface area contributed by atoms with Crippen LogP contribution in [0.1, 0.15) is 0 Å². The van der Waals surface area contributed by atoms with Gasteiger partial charge in [-0.3, -0.25) is 0 Å². The van der Waals surface area contributed by atoms with Gasteiger partial charge in [-0.2, -0.15) is 0 Å². The van der Waals surface area contributed by atoms with Crippen LogP contribution in [0.2, 0.25) is 0 Å². The second-order valence-electron chi connectivity index (χ2n) is 2.52. The summed E-state index contributed by atoms with van der Waals surface area (Å²) in [5, 5.41) is 3.58. The Balaban J connectivity index is 2.53. The highest BCUT2D eigenvalue weighted by molar-refractivity contribution is 9.10. The van der Waals surface area contributed by atoms with Crippen molar-refractivity contribution in [3.05, 3.63) is 40.9 Å². The van der Waals surface area contributed by atoms with Crippen LogP contribution < -0.4 is 0 Å². The van der Waals surface area contributed by atoms with Crippen molar-refractivity contribution in [1.29, 1.82) is 0 Å². The smallest absolute Gasteiger partial charge is 0.209 e. The average molecular weight is 242 g/mol. The molecule has 0 atom stereocenters. The Morgan fingerprint density at radius 1 is 1.38 bits per heavy atom. The summed E-state index contributed by atoms with van der Waals surface area (Å²) in [4.78, 5) is 0. The molecule has 66 valence electrons. The fourth-order valence-electron chi connectivity index (χ4n) is 1.07. The largest absolute Gasteiger partial charge is 0.349 e. The van der Waals surface area contributed by atoms with Crippen LogP contribution in [0.4, 0.5) is 4.39 Å². The highest BCUT2D eigenvalue weighted by Gasteiger charge is 2.07. The van der Waals surface area contributed by atoms with Crippen LogP contribution in [0.25, 0.3) is 11.1 Å². The average Bonchev–Trinajstić information content (AvgIpc) is 2.51. The van der Waals surface area contributed by atoms with Crippen LogP contribution in [0, 0.1) is 5.82 Å². The zero-order chi connectivity index (χ0) is 9.26. The van der Waals surface area contributed by atoms with Gasteiger partial charge in [0.05, 0.1) is 11.8 Å². The minimum Gasteiger partial charge on any atom is -0.349 e. The number of nitrogens with zero attached hydrogens (tertiary/aromatic N) is 1. The maximum atomic E-state index is 12.8. The summed E-state index contributed by atoms with van der Waals surface area (Å²) >= 11 is 3.18. The molecule has 1 aromatic carbocycles. The number of benzene rings is 1. The van der Waals surface area contributed by atoms with Gasteiger partial charge in [-0.15, -0.1) is 0 Å². The van der Waals surface area contributed by atoms with Gasteiger partial charge in [-0.1, -0.05) is 17.3 Å². The Morgan fingerprint density at radius 2 is 2.23 bits per heavy atom. The topological polar surface area (TPSA) is 26.0 Å². The SMILES string of the molecule is Fc1cccc(-c2cnoc2Br)c1. The summed E-state index contributed by atoms with van der Waals surface area (Å²) in [6, 6.07) is 6.26. The van der Waals surface area contributed by atoms with E-state index in [9.17, 15) is 4.39 Å². The van der Waals surface area contributed by atoms with Gasteiger partial charge in [0.1, 0.15) is 5.82 Å². The Kier molecular flexibility index (Phi) is 2.14. The maximum absolute atomic E-state index is 12.8. The summed E-state index contributed by atoms with van der Waals surface area (Å²) in [6.45, 7) is 0. The number of halogens is 2. The first kappa shape index (κ1) is 8.44. The molecule has 0 amide bonds. The first-order valence-corrected chi connectivity index (χ1v) is 4.43. The Morgan fingerprint density at radius 3 is 2.85 bits per heavy atom. The molecular weight excluding hydrogens is 237 g/mol. The molecule has 2 rings (SSSR count). The minimum atomic E-state index is -0.273. The molecule has 0 aliphatic rings. The molecule has 0 unspecified atom stereocenters. The number of aromatic nitrogens is 1. The van der Waals surface area contributed by atoms with Gasteiger partial charge in [0, 0.05) is 0 Å². The summed E-state index contributed by atoms with van der Waals surface area (Å²) < 4.78 is 18.1. The first-order chi connectivity index (χ1) is 6.27. The lowest BCUT2D eigenvalue weighted by molar-refractivity contribution is 0.400. The third-order valence-electron chi connectivity index (χ3n) is 1.66. The summed E-state index contributed by atoms with van der Waals surface area (Å²) in [6.07, 6.45) is 1.54. The molecule has 2 aromatic rings. The molecule has 0 saturated carbocycles. The Hall–Kier alpha value is -1.16. The van der Waals surface area contributed by atoms with Gasteiger partial charge >= 0.3 is 0 Å². The molecule has 0 spiro atoms. The van der Waals surface area contributed by atoms with E-state index >= 15 is 0 Å². The van der Waals surface area contributed by atoms with Crippen LogP contribution in [-0.4, -0.2) is 5.16 Å². The zero-order valence-electron chi connectivity index (χ0n) is 6.50. The van der Waals surface area contributed by atoms with Crippen LogP contribution >= 0.6 is 15.9 Å². The molecule has 0 N–H and O–H groups in total. The van der Waals surface area contributed by atoms with Crippen LogP contribution in [0.15, 0.2) is 39.7 Å². The second kappa shape index (κ2) is 3.30. The lowest BCUT2D eigenvalue weighted by atomic mass is 10.1. The Labute approximate surface area is 82.5 Å². The van der Waals surface area contributed by atoms with Crippen molar-refractivity contribution >= 4 is 15.9 Å².